The van der Waals surface area contributed by atoms with Gasteiger partial charge in [-0.2, -0.15) is 0 Å². The van der Waals surface area contributed by atoms with Crippen LogP contribution >= 0.6 is 0 Å². The van der Waals surface area contributed by atoms with Gasteiger partial charge in [0.05, 0.1) is 0 Å². The Morgan fingerprint density at radius 3 is 0.411 bits per heavy atom. The van der Waals surface area contributed by atoms with Gasteiger partial charge in [0, 0.05) is 260 Å². The highest BCUT2D eigenvalue weighted by atomic mass is 16.7. The molecule has 9 rings (SSSR count). The molecule has 0 aromatic carbocycles. The van der Waals surface area contributed by atoms with Gasteiger partial charge in [0.2, 0.25) is 41.4 Å². The topological polar surface area (TPSA) is 749 Å². The van der Waals surface area contributed by atoms with E-state index in [1.54, 1.807) is 0 Å². The summed E-state index contributed by atoms with van der Waals surface area (Å²) in [7, 11) is 0. The molecular weight excluding hydrogens is 1910 g/mol. The number of nitrogens with two attached hydrogens (primary N) is 7. The number of imide groups is 9. The zero-order chi connectivity index (χ0) is 112. The van der Waals surface area contributed by atoms with Gasteiger partial charge in [0.1, 0.15) is 0 Å². The van der Waals surface area contributed by atoms with Crippen molar-refractivity contribution in [1.29, 1.82) is 0 Å². The molecule has 0 saturated carbocycles. The second-order valence-corrected chi connectivity index (χ2v) is 29.7. The number of hydrogen-bond donors (Lipinski definition) is 14. The summed E-state index contributed by atoms with van der Waals surface area (Å²) in [5.74, 6) is -7.18. The smallest absolute Gasteiger partial charge is 0.333 e. The van der Waals surface area contributed by atoms with E-state index in [2.05, 4.69) is 42.1 Å². The first kappa shape index (κ1) is 142. The van der Waals surface area contributed by atoms with Gasteiger partial charge >= 0.3 is 5.97 Å². The summed E-state index contributed by atoms with van der Waals surface area (Å²) < 4.78 is 0. The lowest BCUT2D eigenvalue weighted by atomic mass is 10.3. The summed E-state index contributed by atoms with van der Waals surface area (Å²) in [5.41, 5.74) is 33.9. The van der Waals surface area contributed by atoms with Crippen molar-refractivity contribution >= 4 is 154 Å². The molecule has 820 valence electrons. The number of carbonyl (C=O) groups is 26. The number of hydrogen-bond acceptors (Lipinski definition) is 34. The quantitative estimate of drug-likeness (QED) is 0.0291. The summed E-state index contributed by atoms with van der Waals surface area (Å²) >= 11 is 0. The van der Waals surface area contributed by atoms with E-state index in [1.807, 2.05) is 96.9 Å². The Hall–Kier alpha value is -14.3. The van der Waals surface area contributed by atoms with Crippen LogP contribution in [0.2, 0.25) is 0 Å². The van der Waals surface area contributed by atoms with Crippen LogP contribution in [0.25, 0.3) is 0 Å². The van der Waals surface area contributed by atoms with Crippen molar-refractivity contribution in [3.8, 4) is 0 Å². The summed E-state index contributed by atoms with van der Waals surface area (Å²) in [5, 5.41) is 19.0. The van der Waals surface area contributed by atoms with Gasteiger partial charge < -0.3 is 82.2 Å². The second kappa shape index (κ2) is 91.8. The average Bonchev–Trinajstić information content (AvgIpc) is 1.72. The molecule has 9 aliphatic rings. The van der Waals surface area contributed by atoms with Crippen LogP contribution in [0.1, 0.15) is 213 Å². The van der Waals surface area contributed by atoms with Gasteiger partial charge in [0.15, 0.2) is 0 Å². The first-order valence-electron chi connectivity index (χ1n) is 48.6. The molecule has 0 radical (unpaired) electrons. The molecule has 50 nitrogen and oxygen atoms in total. The fourth-order valence-electron chi connectivity index (χ4n) is 11.2. The number of amides is 25. The molecule has 25 amide bonds. The molecule has 146 heavy (non-hydrogen) atoms. The molecule has 0 aromatic heterocycles. The van der Waals surface area contributed by atoms with Gasteiger partial charge in [-0.25, -0.2) is 4.79 Å². The lowest BCUT2D eigenvalue weighted by molar-refractivity contribution is -0.197. The summed E-state index contributed by atoms with van der Waals surface area (Å²) in [6.07, 6.45) is 25.8. The van der Waals surface area contributed by atoms with Crippen molar-refractivity contribution in [3.63, 3.8) is 0 Å². The first-order valence-corrected chi connectivity index (χ1v) is 48.6. The van der Waals surface area contributed by atoms with Gasteiger partial charge in [-0.15, -0.1) is 5.06 Å². The monoisotopic (exact) mass is 2070 g/mol. The van der Waals surface area contributed by atoms with Crippen LogP contribution in [0.5, 0.6) is 0 Å². The number of carbonyl (C=O) groups excluding carboxylic acids is 26. The standard InChI is InChI=1S/C12H12N2O6.7C10H14N2O3.7C2H7N/c15-8-3-4-9(16)13(8)7-1-2-12(19)20-14-10(17)5-6-11(14)18;7*1-2-11-8(13)4-3-7-12-9(14)5-6-10(12)15;7*1-2-3/h3-4H,1-2,5-7H2;7*5-6H,2-4,7H2,1H3,(H,11,13);7*2-3H2,1H3. The number of rotatable bonds is 40. The van der Waals surface area contributed by atoms with Gasteiger partial charge in [0.25, 0.3) is 106 Å². The van der Waals surface area contributed by atoms with E-state index in [0.29, 0.717) is 187 Å². The van der Waals surface area contributed by atoms with Crippen molar-refractivity contribution in [1.82, 2.24) is 81.5 Å². The van der Waals surface area contributed by atoms with Crippen LogP contribution in [0.15, 0.2) is 97.2 Å². The summed E-state index contributed by atoms with van der Waals surface area (Å²) in [6, 6.07) is 0. The van der Waals surface area contributed by atoms with Crippen molar-refractivity contribution < 1.29 is 129 Å². The Kier molecular flexibility index (Phi) is 89.5. The predicted octanol–water partition coefficient (Wildman–Crippen LogP) is -2.15. The maximum atomic E-state index is 11.5. The lowest BCUT2D eigenvalue weighted by Gasteiger charge is -2.14. The van der Waals surface area contributed by atoms with Crippen LogP contribution in [-0.2, 0) is 129 Å². The fraction of sp³-hybridized carbons (Fsp3) is 0.562. The molecule has 0 aromatic rings. The van der Waals surface area contributed by atoms with E-state index in [4.69, 9.17) is 40.1 Å². The van der Waals surface area contributed by atoms with E-state index in [0.717, 1.165) is 97.2 Å². The van der Waals surface area contributed by atoms with E-state index in [9.17, 15) is 125 Å². The fourth-order valence-corrected chi connectivity index (χ4v) is 11.2. The van der Waals surface area contributed by atoms with Crippen molar-refractivity contribution in [2.45, 2.75) is 213 Å². The maximum Gasteiger partial charge on any atom is 0.333 e. The molecule has 1 saturated heterocycles. The number of nitrogens with one attached hydrogen (secondary N) is 7. The minimum absolute atomic E-state index is 0.0363. The molecule has 0 aliphatic carbocycles. The Labute approximate surface area is 854 Å². The first-order chi connectivity index (χ1) is 69.4. The normalized spacial score (nSPS) is 14.1. The number of nitrogens with zero attached hydrogens (tertiary/aromatic N) is 9. The van der Waals surface area contributed by atoms with E-state index in [-0.39, 0.29) is 156 Å². The van der Waals surface area contributed by atoms with Gasteiger partial charge in [-0.3, -0.25) is 159 Å². The predicted molar refractivity (Wildman–Crippen MR) is 542 cm³/mol. The van der Waals surface area contributed by atoms with E-state index in [1.165, 1.54) is 85.1 Å². The van der Waals surface area contributed by atoms with Gasteiger partial charge in [-0.05, 0) is 146 Å². The molecule has 0 spiro atoms. The Bertz CT molecular complexity index is 3640. The average molecular weight is 2070 g/mol. The van der Waals surface area contributed by atoms with E-state index >= 15 is 0 Å². The third-order valence-electron chi connectivity index (χ3n) is 17.3. The largest absolute Gasteiger partial charge is 0.356 e. The summed E-state index contributed by atoms with van der Waals surface area (Å²) in [4.78, 5) is 303. The highest BCUT2D eigenvalue weighted by molar-refractivity contribution is 6.17. The molecule has 0 unspecified atom stereocenters. The Morgan fingerprint density at radius 2 is 0.308 bits per heavy atom. The van der Waals surface area contributed by atoms with Crippen molar-refractivity contribution in [2.75, 3.05) is 144 Å². The molecule has 50 heteroatoms. The van der Waals surface area contributed by atoms with Crippen molar-refractivity contribution in [3.05, 3.63) is 97.2 Å². The molecule has 9 aliphatic heterocycles. The van der Waals surface area contributed by atoms with Crippen LogP contribution in [0.3, 0.4) is 0 Å². The number of hydroxylamine groups is 2. The SMILES string of the molecule is CCN.CCN.CCN.CCN.CCN.CCN.CCN.CCNC(=O)CCCN1C(=O)C=CC1=O.CCNC(=O)CCCN1C(=O)C=CC1=O.CCNC(=O)CCCN1C(=O)C=CC1=O.CCNC(=O)CCCN1C(=O)C=CC1=O.CCNC(=O)CCCN1C(=O)C=CC1=O.CCNC(=O)CCCN1C(=O)C=CC1=O.CCNC(=O)CCCN1C(=O)C=CC1=O.O=C(CCCN1C(=O)C=CC1=O)ON1C(=O)CCC1=O. The third kappa shape index (κ3) is 69.6. The highest BCUT2D eigenvalue weighted by Gasteiger charge is 2.34. The molecule has 21 N–H and O–H groups in total. The molecule has 9 heterocycles. The molecule has 0 bridgehead atoms. The van der Waals surface area contributed by atoms with Crippen LogP contribution in [-0.4, -0.2) is 342 Å². The van der Waals surface area contributed by atoms with Crippen molar-refractivity contribution in [2.24, 2.45) is 40.1 Å². The molecule has 1 fully saturated rings. The van der Waals surface area contributed by atoms with Crippen LogP contribution < -0.4 is 77.4 Å². The Morgan fingerprint density at radius 1 is 0.205 bits per heavy atom. The Balaban J connectivity index is -0.000000373. The van der Waals surface area contributed by atoms with Crippen LogP contribution in [0, 0.1) is 0 Å². The third-order valence-corrected chi connectivity index (χ3v) is 17.3. The van der Waals surface area contributed by atoms with Gasteiger partial charge in [-0.1, -0.05) is 48.5 Å². The minimum atomic E-state index is -0.749. The van der Waals surface area contributed by atoms with Crippen LogP contribution in [0.4, 0.5) is 0 Å². The zero-order valence-electron chi connectivity index (χ0n) is 87.1. The zero-order valence-corrected chi connectivity index (χ0v) is 87.1. The summed E-state index contributed by atoms with van der Waals surface area (Å²) in [6.45, 7) is 37.9. The lowest BCUT2D eigenvalue weighted by Crippen LogP contribution is -2.33. The molecule has 0 atom stereocenters. The van der Waals surface area contributed by atoms with E-state index < -0.39 is 29.6 Å². The maximum absolute atomic E-state index is 11.5. The molecular formula is C96H159N23O27. The second-order valence-electron chi connectivity index (χ2n) is 29.7. The minimum Gasteiger partial charge on any atom is -0.356 e. The highest BCUT2D eigenvalue weighted by Crippen LogP contribution is 2.16.